The Bertz CT molecular complexity index is 742. The van der Waals surface area contributed by atoms with Crippen molar-refractivity contribution in [3.63, 3.8) is 0 Å². The summed E-state index contributed by atoms with van der Waals surface area (Å²) in [5.41, 5.74) is 0.168. The Morgan fingerprint density at radius 2 is 1.96 bits per heavy atom. The molecule has 0 spiro atoms. The van der Waals surface area contributed by atoms with Gasteiger partial charge in [-0.05, 0) is 18.2 Å². The van der Waals surface area contributed by atoms with Crippen molar-refractivity contribution in [2.75, 3.05) is 38.6 Å². The molecule has 1 saturated heterocycles. The maximum Gasteiger partial charge on any atom is 0.252 e. The first kappa shape index (κ1) is 21.5. The molecule has 2 rings (SSSR count). The summed E-state index contributed by atoms with van der Waals surface area (Å²) in [5.74, 6) is 0.391. The normalized spacial score (nSPS) is 16.5. The summed E-state index contributed by atoms with van der Waals surface area (Å²) in [7, 11) is -3.67. The lowest BCUT2D eigenvalue weighted by molar-refractivity contribution is 0.0730. The Morgan fingerprint density at radius 3 is 2.58 bits per heavy atom. The van der Waals surface area contributed by atoms with E-state index in [4.69, 9.17) is 16.3 Å². The average molecular weight is 421 g/mol. The number of sulfonamides is 1. The molecule has 0 aromatic heterocycles. The number of halogens is 1. The summed E-state index contributed by atoms with van der Waals surface area (Å²) in [6, 6.07) is 4.23. The van der Waals surface area contributed by atoms with Crippen molar-refractivity contribution in [3.8, 4) is 0 Å². The predicted octanol–water partition coefficient (Wildman–Crippen LogP) is 2.62. The zero-order valence-corrected chi connectivity index (χ0v) is 17.6. The molecule has 146 valence electrons. The fraction of sp³-hybridized carbons (Fsp3) is 0.588. The molecule has 0 atom stereocenters. The molecule has 0 unspecified atom stereocenters. The van der Waals surface area contributed by atoms with Crippen molar-refractivity contribution in [1.29, 1.82) is 0 Å². The molecule has 1 aromatic rings. The molecule has 26 heavy (non-hydrogen) atoms. The molecular weight excluding hydrogens is 396 g/mol. The van der Waals surface area contributed by atoms with Gasteiger partial charge in [0.2, 0.25) is 10.0 Å². The van der Waals surface area contributed by atoms with Crippen molar-refractivity contribution >= 4 is 39.3 Å². The van der Waals surface area contributed by atoms with Crippen molar-refractivity contribution in [2.45, 2.75) is 30.4 Å². The van der Waals surface area contributed by atoms with Crippen LogP contribution in [0.25, 0.3) is 0 Å². The maximum absolute atomic E-state index is 12.7. The van der Waals surface area contributed by atoms with Crippen LogP contribution in [0.1, 0.15) is 31.1 Å². The molecule has 1 fully saturated rings. The van der Waals surface area contributed by atoms with Crippen LogP contribution in [0.4, 0.5) is 0 Å². The Balaban J connectivity index is 2.10. The quantitative estimate of drug-likeness (QED) is 0.716. The van der Waals surface area contributed by atoms with Gasteiger partial charge in [0.15, 0.2) is 0 Å². The lowest BCUT2D eigenvalue weighted by Crippen LogP contribution is -2.40. The summed E-state index contributed by atoms with van der Waals surface area (Å²) in [4.78, 5) is 12.5. The number of nitrogens with zero attached hydrogens (tertiary/aromatic N) is 1. The van der Waals surface area contributed by atoms with E-state index >= 15 is 0 Å². The monoisotopic (exact) mass is 420 g/mol. The number of hydrogen-bond acceptors (Lipinski definition) is 5. The van der Waals surface area contributed by atoms with Crippen LogP contribution in [0, 0.1) is 0 Å². The van der Waals surface area contributed by atoms with E-state index in [1.165, 1.54) is 22.5 Å². The van der Waals surface area contributed by atoms with Crippen LogP contribution in [0.2, 0.25) is 5.02 Å². The molecule has 1 amide bonds. The number of carbonyl (C=O) groups is 1. The van der Waals surface area contributed by atoms with Crippen molar-refractivity contribution in [3.05, 3.63) is 28.8 Å². The molecule has 9 heteroatoms. The number of thioether (sulfide) groups is 1. The van der Waals surface area contributed by atoms with Gasteiger partial charge in [-0.1, -0.05) is 32.4 Å². The van der Waals surface area contributed by atoms with Gasteiger partial charge < -0.3 is 10.1 Å². The van der Waals surface area contributed by atoms with E-state index in [-0.39, 0.29) is 26.1 Å². The number of hydrogen-bond donors (Lipinski definition) is 1. The lowest BCUT2D eigenvalue weighted by Gasteiger charge is -2.26. The molecule has 0 aliphatic carbocycles. The van der Waals surface area contributed by atoms with Gasteiger partial charge in [0.25, 0.3) is 5.91 Å². The highest BCUT2D eigenvalue weighted by atomic mass is 35.5. The molecule has 0 saturated carbocycles. The van der Waals surface area contributed by atoms with Crippen molar-refractivity contribution in [2.24, 2.45) is 0 Å². The van der Waals surface area contributed by atoms with E-state index in [0.29, 0.717) is 32.8 Å². The topological polar surface area (TPSA) is 75.7 Å². The van der Waals surface area contributed by atoms with E-state index in [1.54, 1.807) is 11.8 Å². The standard InChI is InChI=1S/C17H25ClN2O4S2/c1-17(2,3)25-11-6-19-16(21)14-12-13(4-5-15(14)18)26(22,23)20-7-9-24-10-8-20/h4-5,12H,6-11H2,1-3H3,(H,19,21). The maximum atomic E-state index is 12.7. The third-order valence-corrected chi connectivity index (χ3v) is 7.21. The third kappa shape index (κ3) is 5.85. The number of ether oxygens (including phenoxy) is 1. The third-order valence-electron chi connectivity index (χ3n) is 3.71. The minimum absolute atomic E-state index is 0.0676. The zero-order chi connectivity index (χ0) is 19.4. The number of benzene rings is 1. The molecule has 1 aromatic carbocycles. The Kier molecular flexibility index (Phi) is 7.38. The molecule has 1 aliphatic heterocycles. The number of nitrogens with one attached hydrogen (secondary N) is 1. The fourth-order valence-electron chi connectivity index (χ4n) is 2.39. The van der Waals surface area contributed by atoms with E-state index in [0.717, 1.165) is 5.75 Å². The first-order valence-corrected chi connectivity index (χ1v) is 11.2. The van der Waals surface area contributed by atoms with Crippen LogP contribution in [0.5, 0.6) is 0 Å². The Hall–Kier alpha value is -0.800. The number of rotatable bonds is 6. The van der Waals surface area contributed by atoms with Gasteiger partial charge in [-0.3, -0.25) is 4.79 Å². The fourth-order valence-corrected chi connectivity index (χ4v) is 4.85. The molecule has 1 aliphatic rings. The van der Waals surface area contributed by atoms with Gasteiger partial charge in [-0.15, -0.1) is 0 Å². The molecule has 1 N–H and O–H groups in total. The van der Waals surface area contributed by atoms with Gasteiger partial charge in [0, 0.05) is 30.1 Å². The highest BCUT2D eigenvalue weighted by Crippen LogP contribution is 2.24. The second kappa shape index (κ2) is 8.93. The van der Waals surface area contributed by atoms with Crippen LogP contribution >= 0.6 is 23.4 Å². The van der Waals surface area contributed by atoms with Gasteiger partial charge in [0.1, 0.15) is 0 Å². The van der Waals surface area contributed by atoms with E-state index < -0.39 is 10.0 Å². The van der Waals surface area contributed by atoms with Crippen LogP contribution in [-0.4, -0.2) is 62.0 Å². The van der Waals surface area contributed by atoms with Crippen molar-refractivity contribution in [1.82, 2.24) is 9.62 Å². The lowest BCUT2D eigenvalue weighted by atomic mass is 10.2. The van der Waals surface area contributed by atoms with Crippen molar-refractivity contribution < 1.29 is 17.9 Å². The molecule has 0 bridgehead atoms. The highest BCUT2D eigenvalue weighted by molar-refractivity contribution is 8.00. The molecular formula is C17H25ClN2O4S2. The number of morpholine rings is 1. The predicted molar refractivity (Wildman–Crippen MR) is 106 cm³/mol. The highest BCUT2D eigenvalue weighted by Gasteiger charge is 2.27. The van der Waals surface area contributed by atoms with E-state index in [1.807, 2.05) is 0 Å². The van der Waals surface area contributed by atoms with Gasteiger partial charge in [0.05, 0.1) is 28.7 Å². The number of amides is 1. The summed E-state index contributed by atoms with van der Waals surface area (Å²) >= 11 is 7.86. The van der Waals surface area contributed by atoms with Gasteiger partial charge >= 0.3 is 0 Å². The molecule has 1 heterocycles. The zero-order valence-electron chi connectivity index (χ0n) is 15.2. The Labute approximate surface area is 164 Å². The van der Waals surface area contributed by atoms with Gasteiger partial charge in [-0.25, -0.2) is 8.42 Å². The van der Waals surface area contributed by atoms with Gasteiger partial charge in [-0.2, -0.15) is 16.1 Å². The molecule has 6 nitrogen and oxygen atoms in total. The minimum Gasteiger partial charge on any atom is -0.379 e. The summed E-state index contributed by atoms with van der Waals surface area (Å²) in [6.45, 7) is 8.14. The first-order valence-electron chi connectivity index (χ1n) is 8.41. The summed E-state index contributed by atoms with van der Waals surface area (Å²) < 4.78 is 32.2. The smallest absolute Gasteiger partial charge is 0.252 e. The van der Waals surface area contributed by atoms with Crippen LogP contribution in [-0.2, 0) is 14.8 Å². The second-order valence-corrected chi connectivity index (χ2v) is 11.1. The van der Waals surface area contributed by atoms with E-state index in [9.17, 15) is 13.2 Å². The number of carbonyl (C=O) groups excluding carboxylic acids is 1. The minimum atomic E-state index is -3.67. The summed E-state index contributed by atoms with van der Waals surface area (Å²) in [6.07, 6.45) is 0. The van der Waals surface area contributed by atoms with Crippen LogP contribution in [0.15, 0.2) is 23.1 Å². The van der Waals surface area contributed by atoms with E-state index in [2.05, 4.69) is 26.1 Å². The first-order chi connectivity index (χ1) is 12.1. The largest absolute Gasteiger partial charge is 0.379 e. The SMILES string of the molecule is CC(C)(C)SCCNC(=O)c1cc(S(=O)(=O)N2CCOCC2)ccc1Cl. The Morgan fingerprint density at radius 1 is 1.31 bits per heavy atom. The summed E-state index contributed by atoms with van der Waals surface area (Å²) in [5, 5.41) is 3.03. The average Bonchev–Trinajstić information content (AvgIpc) is 2.58. The van der Waals surface area contributed by atoms with Crippen LogP contribution < -0.4 is 5.32 Å². The second-order valence-electron chi connectivity index (χ2n) is 6.87. The van der Waals surface area contributed by atoms with Crippen LogP contribution in [0.3, 0.4) is 0 Å². The molecule has 0 radical (unpaired) electrons.